The van der Waals surface area contributed by atoms with Crippen molar-refractivity contribution in [2.45, 2.75) is 26.3 Å². The smallest absolute Gasteiger partial charge is 0.128 e. The number of benzene rings is 2. The summed E-state index contributed by atoms with van der Waals surface area (Å²) in [5.41, 5.74) is 1.62. The second-order valence-corrected chi connectivity index (χ2v) is 4.88. The van der Waals surface area contributed by atoms with Crippen molar-refractivity contribution in [3.63, 3.8) is 0 Å². The number of halogens is 1. The van der Waals surface area contributed by atoms with Gasteiger partial charge in [0.2, 0.25) is 0 Å². The fourth-order valence-electron chi connectivity index (χ4n) is 2.39. The highest BCUT2D eigenvalue weighted by atomic mass is 19.1. The Bertz CT molecular complexity index is 571. The Balaban J connectivity index is 2.43. The first kappa shape index (κ1) is 15.5. The van der Waals surface area contributed by atoms with Crippen LogP contribution in [-0.2, 0) is 0 Å². The highest BCUT2D eigenvalue weighted by Crippen LogP contribution is 2.31. The van der Waals surface area contributed by atoms with Crippen LogP contribution in [0.3, 0.4) is 0 Å². The van der Waals surface area contributed by atoms with Gasteiger partial charge in [-0.3, -0.25) is 0 Å². The van der Waals surface area contributed by atoms with Crippen molar-refractivity contribution in [3.8, 4) is 5.75 Å². The largest absolute Gasteiger partial charge is 0.494 e. The number of hydrogen-bond donors (Lipinski definition) is 1. The quantitative estimate of drug-likeness (QED) is 0.819. The van der Waals surface area contributed by atoms with Gasteiger partial charge in [0.15, 0.2) is 0 Å². The summed E-state index contributed by atoms with van der Waals surface area (Å²) in [6, 6.07) is 14.5. The Kier molecular flexibility index (Phi) is 5.76. The van der Waals surface area contributed by atoms with Crippen molar-refractivity contribution in [2.24, 2.45) is 0 Å². The fraction of sp³-hybridized carbons (Fsp3) is 0.333. The molecule has 2 aromatic carbocycles. The van der Waals surface area contributed by atoms with Crippen LogP contribution in [0, 0.1) is 5.82 Å². The van der Waals surface area contributed by atoms with E-state index in [9.17, 15) is 4.39 Å². The maximum Gasteiger partial charge on any atom is 0.128 e. The highest BCUT2D eigenvalue weighted by Gasteiger charge is 2.20. The van der Waals surface area contributed by atoms with Crippen molar-refractivity contribution >= 4 is 0 Å². The molecule has 21 heavy (non-hydrogen) atoms. The summed E-state index contributed by atoms with van der Waals surface area (Å²) >= 11 is 0. The number of nitrogens with one attached hydrogen (secondary N) is 1. The van der Waals surface area contributed by atoms with Gasteiger partial charge in [-0.1, -0.05) is 43.3 Å². The summed E-state index contributed by atoms with van der Waals surface area (Å²) in [5, 5.41) is 3.42. The van der Waals surface area contributed by atoms with Gasteiger partial charge in [-0.2, -0.15) is 0 Å². The van der Waals surface area contributed by atoms with Gasteiger partial charge in [-0.25, -0.2) is 4.39 Å². The molecule has 0 spiro atoms. The minimum absolute atomic E-state index is 0.197. The van der Waals surface area contributed by atoms with Crippen LogP contribution in [0.15, 0.2) is 48.5 Å². The van der Waals surface area contributed by atoms with E-state index in [2.05, 4.69) is 12.2 Å². The van der Waals surface area contributed by atoms with E-state index < -0.39 is 0 Å². The lowest BCUT2D eigenvalue weighted by atomic mass is 9.97. The second-order valence-electron chi connectivity index (χ2n) is 4.88. The lowest BCUT2D eigenvalue weighted by Crippen LogP contribution is -2.24. The van der Waals surface area contributed by atoms with Crippen LogP contribution in [0.5, 0.6) is 5.75 Å². The average molecular weight is 287 g/mol. The Morgan fingerprint density at radius 3 is 2.33 bits per heavy atom. The second kappa shape index (κ2) is 7.79. The molecule has 1 unspecified atom stereocenters. The Labute approximate surface area is 126 Å². The molecule has 112 valence electrons. The Morgan fingerprint density at radius 2 is 1.67 bits per heavy atom. The monoisotopic (exact) mass is 287 g/mol. The van der Waals surface area contributed by atoms with Gasteiger partial charge in [-0.15, -0.1) is 0 Å². The fourth-order valence-corrected chi connectivity index (χ4v) is 2.39. The molecule has 0 fully saturated rings. The molecule has 0 saturated heterocycles. The molecule has 0 amide bonds. The van der Waals surface area contributed by atoms with Crippen LogP contribution in [0.25, 0.3) is 0 Å². The average Bonchev–Trinajstić information content (AvgIpc) is 2.51. The summed E-state index contributed by atoms with van der Waals surface area (Å²) < 4.78 is 19.9. The molecule has 1 N–H and O–H groups in total. The third-order valence-electron chi connectivity index (χ3n) is 3.34. The van der Waals surface area contributed by atoms with E-state index in [0.717, 1.165) is 24.3 Å². The molecular formula is C18H22FNO. The minimum atomic E-state index is -0.200. The van der Waals surface area contributed by atoms with E-state index in [4.69, 9.17) is 4.74 Å². The van der Waals surface area contributed by atoms with E-state index in [1.807, 2.05) is 43.3 Å². The molecule has 0 bridgehead atoms. The van der Waals surface area contributed by atoms with Gasteiger partial charge < -0.3 is 10.1 Å². The molecule has 2 nitrogen and oxygen atoms in total. The van der Waals surface area contributed by atoms with Gasteiger partial charge >= 0.3 is 0 Å². The lowest BCUT2D eigenvalue weighted by Gasteiger charge is -2.22. The number of ether oxygens (including phenoxy) is 1. The van der Waals surface area contributed by atoms with Crippen molar-refractivity contribution in [1.82, 2.24) is 5.32 Å². The SMILES string of the molecule is CCCNC(c1ccccc1F)c1ccccc1OCC. The predicted octanol–water partition coefficient (Wildman–Crippen LogP) is 4.31. The third-order valence-corrected chi connectivity index (χ3v) is 3.34. The van der Waals surface area contributed by atoms with Crippen molar-refractivity contribution in [3.05, 3.63) is 65.5 Å². The van der Waals surface area contributed by atoms with Gasteiger partial charge in [0, 0.05) is 11.1 Å². The normalized spacial score (nSPS) is 12.1. The Morgan fingerprint density at radius 1 is 1.00 bits per heavy atom. The van der Waals surface area contributed by atoms with E-state index in [-0.39, 0.29) is 11.9 Å². The molecule has 3 heteroatoms. The van der Waals surface area contributed by atoms with Crippen LogP contribution in [0.2, 0.25) is 0 Å². The van der Waals surface area contributed by atoms with E-state index >= 15 is 0 Å². The van der Waals surface area contributed by atoms with Crippen LogP contribution < -0.4 is 10.1 Å². The Hall–Kier alpha value is -1.87. The zero-order valence-corrected chi connectivity index (χ0v) is 12.6. The summed E-state index contributed by atoms with van der Waals surface area (Å²) in [6.07, 6.45) is 0.988. The molecule has 0 heterocycles. The standard InChI is InChI=1S/C18H22FNO/c1-3-13-20-18(14-9-5-7-11-16(14)19)15-10-6-8-12-17(15)21-4-2/h5-12,18,20H,3-4,13H2,1-2H3. The molecule has 0 radical (unpaired) electrons. The van der Waals surface area contributed by atoms with E-state index in [1.165, 1.54) is 6.07 Å². The number of hydrogen-bond acceptors (Lipinski definition) is 2. The van der Waals surface area contributed by atoms with E-state index in [1.54, 1.807) is 6.07 Å². The number of para-hydroxylation sites is 1. The zero-order chi connectivity index (χ0) is 15.1. The summed E-state index contributed by atoms with van der Waals surface area (Å²) in [6.45, 7) is 5.46. The molecule has 0 aliphatic rings. The molecular weight excluding hydrogens is 265 g/mol. The maximum absolute atomic E-state index is 14.2. The third kappa shape index (κ3) is 3.82. The van der Waals surface area contributed by atoms with Gasteiger partial charge in [0.25, 0.3) is 0 Å². The van der Waals surface area contributed by atoms with Crippen LogP contribution in [0.4, 0.5) is 4.39 Å². The van der Waals surface area contributed by atoms with Crippen molar-refractivity contribution < 1.29 is 9.13 Å². The van der Waals surface area contributed by atoms with E-state index in [0.29, 0.717) is 12.2 Å². The minimum Gasteiger partial charge on any atom is -0.494 e. The molecule has 1 atom stereocenters. The highest BCUT2D eigenvalue weighted by molar-refractivity contribution is 5.42. The molecule has 0 aliphatic heterocycles. The first-order valence-corrected chi connectivity index (χ1v) is 7.47. The topological polar surface area (TPSA) is 21.3 Å². The van der Waals surface area contributed by atoms with Gasteiger partial charge in [-0.05, 0) is 32.0 Å². The summed E-state index contributed by atoms with van der Waals surface area (Å²) in [5.74, 6) is 0.606. The van der Waals surface area contributed by atoms with Gasteiger partial charge in [0.05, 0.1) is 12.6 Å². The maximum atomic E-state index is 14.2. The predicted molar refractivity (Wildman–Crippen MR) is 84.1 cm³/mol. The molecule has 2 aromatic rings. The van der Waals surface area contributed by atoms with Gasteiger partial charge in [0.1, 0.15) is 11.6 Å². The first-order valence-electron chi connectivity index (χ1n) is 7.47. The van der Waals surface area contributed by atoms with Crippen molar-refractivity contribution in [2.75, 3.05) is 13.2 Å². The molecule has 0 aliphatic carbocycles. The van der Waals surface area contributed by atoms with Crippen LogP contribution in [0.1, 0.15) is 37.4 Å². The number of rotatable bonds is 7. The van der Waals surface area contributed by atoms with Crippen LogP contribution >= 0.6 is 0 Å². The lowest BCUT2D eigenvalue weighted by molar-refractivity contribution is 0.333. The molecule has 0 aromatic heterocycles. The molecule has 2 rings (SSSR count). The summed E-state index contributed by atoms with van der Waals surface area (Å²) in [4.78, 5) is 0. The zero-order valence-electron chi connectivity index (χ0n) is 12.6. The van der Waals surface area contributed by atoms with Crippen LogP contribution in [-0.4, -0.2) is 13.2 Å². The molecule has 0 saturated carbocycles. The van der Waals surface area contributed by atoms with Crippen molar-refractivity contribution in [1.29, 1.82) is 0 Å². The first-order chi connectivity index (χ1) is 10.3. The summed E-state index contributed by atoms with van der Waals surface area (Å²) in [7, 11) is 0.